The summed E-state index contributed by atoms with van der Waals surface area (Å²) in [6, 6.07) is 12.9. The van der Waals surface area contributed by atoms with Crippen LogP contribution in [0.3, 0.4) is 0 Å². The van der Waals surface area contributed by atoms with E-state index in [1.165, 1.54) is 0 Å². The lowest BCUT2D eigenvalue weighted by Gasteiger charge is -2.33. The lowest BCUT2D eigenvalue weighted by atomic mass is 9.82. The number of carbonyl (C=O) groups excluding carboxylic acids is 3. The SMILES string of the molecule is C[C@H]1[C@H]([Si](C)(C)O)[C@@H](CC(=O)N2CCC[C@H]2CO)O[C@]12C(=O)N(Cc1cccc(N3CCCCC3=O)c1)c1ccc(Cl)cc12. The molecule has 4 aliphatic heterocycles. The summed E-state index contributed by atoms with van der Waals surface area (Å²) < 4.78 is 6.82. The molecule has 0 radical (unpaired) electrons. The van der Waals surface area contributed by atoms with Crippen LogP contribution in [0, 0.1) is 5.92 Å². The van der Waals surface area contributed by atoms with Gasteiger partial charge >= 0.3 is 0 Å². The summed E-state index contributed by atoms with van der Waals surface area (Å²) >= 11 is 6.53. The molecule has 3 amide bonds. The molecule has 0 unspecified atom stereocenters. The van der Waals surface area contributed by atoms with Gasteiger partial charge in [-0.25, -0.2) is 0 Å². The number of hydrogen-bond acceptors (Lipinski definition) is 6. The number of rotatable bonds is 7. The first kappa shape index (κ1) is 31.2. The fourth-order valence-corrected chi connectivity index (χ4v) is 10.9. The number of benzene rings is 2. The molecule has 1 spiro atoms. The Bertz CT molecular complexity index is 1470. The Hall–Kier alpha value is -2.76. The molecule has 11 heteroatoms. The van der Waals surface area contributed by atoms with Crippen LogP contribution in [-0.4, -0.2) is 72.7 Å². The van der Waals surface area contributed by atoms with Gasteiger partial charge < -0.3 is 29.3 Å². The number of carbonyl (C=O) groups is 3. The number of halogens is 1. The molecule has 3 fully saturated rings. The van der Waals surface area contributed by atoms with Crippen molar-refractivity contribution in [2.24, 2.45) is 5.92 Å². The molecule has 0 aliphatic carbocycles. The van der Waals surface area contributed by atoms with E-state index in [1.54, 1.807) is 21.9 Å². The second-order valence-electron chi connectivity index (χ2n) is 13.4. The summed E-state index contributed by atoms with van der Waals surface area (Å²) in [5.74, 6) is -0.684. The van der Waals surface area contributed by atoms with E-state index in [9.17, 15) is 24.3 Å². The Morgan fingerprint density at radius 3 is 2.64 bits per heavy atom. The topological polar surface area (TPSA) is 111 Å². The molecular weight excluding hydrogens is 598 g/mol. The number of aliphatic hydroxyl groups excluding tert-OH is 1. The standard InChI is InChI=1S/C33H42ClN3O6Si/c1-21-31(44(2,3)42)28(18-30(40)36-15-7-10-25(36)20-38)43-33(21)26-17-23(34)12-13-27(26)37(32(33)41)19-22-8-6-9-24(16-22)35-14-5-4-11-29(35)39/h6,8-9,12-13,16-17,21,25,28,31,38,42H,4-5,7,10-11,14-15,18-20H2,1-3H3/t21-,25-,28+,31-,33+/m0/s1. The fraction of sp³-hybridized carbons (Fsp3) is 0.545. The van der Waals surface area contributed by atoms with Crippen molar-refractivity contribution in [3.63, 3.8) is 0 Å². The van der Waals surface area contributed by atoms with Gasteiger partial charge in [0, 0.05) is 47.2 Å². The summed E-state index contributed by atoms with van der Waals surface area (Å²) in [5.41, 5.74) is 1.23. The predicted molar refractivity (Wildman–Crippen MR) is 171 cm³/mol. The number of amides is 3. The molecule has 236 valence electrons. The number of fused-ring (bicyclic) bond motifs is 2. The Balaban J connectivity index is 1.34. The average molecular weight is 640 g/mol. The van der Waals surface area contributed by atoms with Crippen LogP contribution < -0.4 is 9.80 Å². The van der Waals surface area contributed by atoms with Gasteiger partial charge in [-0.05, 0) is 74.7 Å². The van der Waals surface area contributed by atoms with Crippen molar-refractivity contribution in [2.75, 3.05) is 29.5 Å². The molecule has 0 aromatic heterocycles. The molecule has 3 saturated heterocycles. The van der Waals surface area contributed by atoms with Gasteiger partial charge in [0.1, 0.15) is 0 Å². The largest absolute Gasteiger partial charge is 0.432 e. The lowest BCUT2D eigenvalue weighted by molar-refractivity contribution is -0.150. The highest BCUT2D eigenvalue weighted by Gasteiger charge is 2.66. The minimum absolute atomic E-state index is 0.0271. The molecule has 2 aromatic rings. The molecule has 2 aromatic carbocycles. The molecule has 4 heterocycles. The number of anilines is 2. The van der Waals surface area contributed by atoms with Crippen molar-refractivity contribution in [2.45, 2.75) is 88.4 Å². The van der Waals surface area contributed by atoms with E-state index in [-0.39, 0.29) is 43.3 Å². The maximum atomic E-state index is 14.7. The zero-order chi connectivity index (χ0) is 31.4. The number of aliphatic hydroxyl groups is 1. The van der Waals surface area contributed by atoms with E-state index in [0.717, 1.165) is 36.9 Å². The number of ether oxygens (including phenoxy) is 1. The highest BCUT2D eigenvalue weighted by Crippen LogP contribution is 2.60. The number of hydrogen-bond donors (Lipinski definition) is 2. The van der Waals surface area contributed by atoms with E-state index in [1.807, 2.05) is 55.2 Å². The van der Waals surface area contributed by atoms with E-state index in [0.29, 0.717) is 35.8 Å². The number of piperidine rings is 1. The Morgan fingerprint density at radius 1 is 1.11 bits per heavy atom. The van der Waals surface area contributed by atoms with Crippen LogP contribution in [-0.2, 0) is 31.3 Å². The van der Waals surface area contributed by atoms with Crippen LogP contribution in [0.4, 0.5) is 11.4 Å². The van der Waals surface area contributed by atoms with Crippen LogP contribution in [0.15, 0.2) is 42.5 Å². The van der Waals surface area contributed by atoms with Gasteiger partial charge in [-0.3, -0.25) is 14.4 Å². The van der Waals surface area contributed by atoms with Crippen molar-refractivity contribution < 1.29 is 29.0 Å². The van der Waals surface area contributed by atoms with Crippen LogP contribution in [0.5, 0.6) is 0 Å². The molecule has 5 atom stereocenters. The minimum atomic E-state index is -2.96. The van der Waals surface area contributed by atoms with Gasteiger partial charge in [0.25, 0.3) is 5.91 Å². The van der Waals surface area contributed by atoms with Gasteiger partial charge in [0.05, 0.1) is 37.4 Å². The van der Waals surface area contributed by atoms with E-state index in [4.69, 9.17) is 16.3 Å². The molecule has 0 saturated carbocycles. The van der Waals surface area contributed by atoms with Crippen molar-refractivity contribution in [3.05, 3.63) is 58.6 Å². The van der Waals surface area contributed by atoms with Gasteiger partial charge in [0.2, 0.25) is 11.8 Å². The normalized spacial score (nSPS) is 28.8. The van der Waals surface area contributed by atoms with Crippen LogP contribution in [0.1, 0.15) is 56.6 Å². The average Bonchev–Trinajstić information content (AvgIpc) is 3.64. The molecule has 6 rings (SSSR count). The summed E-state index contributed by atoms with van der Waals surface area (Å²) in [5, 5.41) is 10.3. The maximum Gasteiger partial charge on any atom is 0.264 e. The van der Waals surface area contributed by atoms with Gasteiger partial charge in [-0.2, -0.15) is 0 Å². The second-order valence-corrected chi connectivity index (χ2v) is 17.8. The Labute approximate surface area is 264 Å². The summed E-state index contributed by atoms with van der Waals surface area (Å²) in [6.45, 7) is 7.05. The van der Waals surface area contributed by atoms with Crippen LogP contribution in [0.25, 0.3) is 0 Å². The third-order valence-electron chi connectivity index (χ3n) is 10.1. The zero-order valence-corrected chi connectivity index (χ0v) is 27.4. The number of nitrogens with zero attached hydrogens (tertiary/aromatic N) is 3. The van der Waals surface area contributed by atoms with Crippen molar-refractivity contribution >= 4 is 49.0 Å². The summed E-state index contributed by atoms with van der Waals surface area (Å²) in [6.07, 6.45) is 3.34. The van der Waals surface area contributed by atoms with Crippen LogP contribution >= 0.6 is 11.6 Å². The molecule has 4 aliphatic rings. The van der Waals surface area contributed by atoms with E-state index >= 15 is 0 Å². The van der Waals surface area contributed by atoms with Crippen molar-refractivity contribution in [3.8, 4) is 0 Å². The van der Waals surface area contributed by atoms with Crippen LogP contribution in [0.2, 0.25) is 23.7 Å². The molecule has 0 bridgehead atoms. The third-order valence-corrected chi connectivity index (χ3v) is 12.9. The monoisotopic (exact) mass is 639 g/mol. The first-order chi connectivity index (χ1) is 21.0. The first-order valence-electron chi connectivity index (χ1n) is 15.8. The quantitative estimate of drug-likeness (QED) is 0.430. The lowest BCUT2D eigenvalue weighted by Crippen LogP contribution is -2.46. The number of likely N-dealkylation sites (tertiary alicyclic amines) is 1. The summed E-state index contributed by atoms with van der Waals surface area (Å²) in [7, 11) is -2.96. The zero-order valence-electron chi connectivity index (χ0n) is 25.7. The first-order valence-corrected chi connectivity index (χ1v) is 19.2. The van der Waals surface area contributed by atoms with E-state index < -0.39 is 31.5 Å². The van der Waals surface area contributed by atoms with Gasteiger partial charge in [-0.15, -0.1) is 0 Å². The van der Waals surface area contributed by atoms with Crippen molar-refractivity contribution in [1.82, 2.24) is 4.90 Å². The van der Waals surface area contributed by atoms with E-state index in [2.05, 4.69) is 0 Å². The van der Waals surface area contributed by atoms with Crippen molar-refractivity contribution in [1.29, 1.82) is 0 Å². The minimum Gasteiger partial charge on any atom is -0.432 e. The highest BCUT2D eigenvalue weighted by atomic mass is 35.5. The van der Waals surface area contributed by atoms with Gasteiger partial charge in [0.15, 0.2) is 13.9 Å². The molecular formula is C33H42ClN3O6Si. The Morgan fingerprint density at radius 2 is 1.91 bits per heavy atom. The maximum absolute atomic E-state index is 14.7. The smallest absolute Gasteiger partial charge is 0.264 e. The third kappa shape index (κ3) is 5.28. The summed E-state index contributed by atoms with van der Waals surface area (Å²) in [4.78, 5) is 57.7. The fourth-order valence-electron chi connectivity index (χ4n) is 8.13. The Kier molecular flexibility index (Phi) is 8.43. The molecule has 9 nitrogen and oxygen atoms in total. The molecule has 2 N–H and O–H groups in total. The molecule has 44 heavy (non-hydrogen) atoms. The highest BCUT2D eigenvalue weighted by molar-refractivity contribution is 6.71. The predicted octanol–water partition coefficient (Wildman–Crippen LogP) is 4.57. The van der Waals surface area contributed by atoms with Gasteiger partial charge in [-0.1, -0.05) is 30.7 Å². The second kappa shape index (κ2) is 11.9.